The molecule has 38 heavy (non-hydrogen) atoms. The Balaban J connectivity index is 1.52. The summed E-state index contributed by atoms with van der Waals surface area (Å²) < 4.78 is 65.9. The zero-order valence-electron chi connectivity index (χ0n) is 20.1. The Morgan fingerprint density at radius 2 is 1.68 bits per heavy atom. The second-order valence-electron chi connectivity index (χ2n) is 8.72. The van der Waals surface area contributed by atoms with Crippen molar-refractivity contribution in [3.63, 3.8) is 0 Å². The zero-order chi connectivity index (χ0) is 26.7. The number of halogens is 3. The maximum Gasteiger partial charge on any atom is 0.233 e. The average Bonchev–Trinajstić information content (AvgIpc) is 3.36. The van der Waals surface area contributed by atoms with E-state index in [0.29, 0.717) is 36.9 Å². The smallest absolute Gasteiger partial charge is 0.233 e. The predicted octanol–water partition coefficient (Wildman–Crippen LogP) is 5.59. The third-order valence-corrected chi connectivity index (χ3v) is 8.16. The van der Waals surface area contributed by atoms with Gasteiger partial charge in [-0.05, 0) is 60.2 Å². The molecular formula is C27H24ClF2N3O4S. The van der Waals surface area contributed by atoms with Crippen molar-refractivity contribution in [2.24, 2.45) is 0 Å². The number of anilines is 1. The summed E-state index contributed by atoms with van der Waals surface area (Å²) in [7, 11) is -4.26. The number of nitrogens with zero attached hydrogens (tertiary/aromatic N) is 2. The highest BCUT2D eigenvalue weighted by atomic mass is 35.5. The van der Waals surface area contributed by atoms with E-state index in [9.17, 15) is 17.2 Å². The number of aromatic nitrogens is 1. The van der Waals surface area contributed by atoms with E-state index in [2.05, 4.69) is 15.2 Å². The van der Waals surface area contributed by atoms with Crippen LogP contribution in [0, 0.1) is 11.6 Å². The fourth-order valence-electron chi connectivity index (χ4n) is 4.28. The molecule has 7 nitrogen and oxygen atoms in total. The van der Waals surface area contributed by atoms with Crippen LogP contribution in [-0.2, 0) is 14.6 Å². The second-order valence-corrected chi connectivity index (χ2v) is 11.0. The van der Waals surface area contributed by atoms with Crippen molar-refractivity contribution in [2.75, 3.05) is 38.2 Å². The van der Waals surface area contributed by atoms with Crippen molar-refractivity contribution >= 4 is 27.3 Å². The number of hydrogen-bond donors (Lipinski definition) is 1. The Hall–Kier alpha value is -3.31. The minimum absolute atomic E-state index is 0.0168. The summed E-state index contributed by atoms with van der Waals surface area (Å²) in [6, 6.07) is 17.3. The van der Waals surface area contributed by atoms with E-state index in [1.54, 1.807) is 12.1 Å². The Morgan fingerprint density at radius 3 is 2.37 bits per heavy atom. The van der Waals surface area contributed by atoms with Gasteiger partial charge in [0, 0.05) is 30.2 Å². The van der Waals surface area contributed by atoms with Gasteiger partial charge in [-0.3, -0.25) is 4.90 Å². The Labute approximate surface area is 223 Å². The van der Waals surface area contributed by atoms with E-state index >= 15 is 0 Å². The maximum absolute atomic E-state index is 13.9. The van der Waals surface area contributed by atoms with E-state index < -0.39 is 21.5 Å². The Morgan fingerprint density at radius 1 is 0.974 bits per heavy atom. The number of benzene rings is 3. The van der Waals surface area contributed by atoms with Crippen LogP contribution in [0.1, 0.15) is 11.6 Å². The number of rotatable bonds is 8. The van der Waals surface area contributed by atoms with Gasteiger partial charge >= 0.3 is 0 Å². The monoisotopic (exact) mass is 559 g/mol. The highest BCUT2D eigenvalue weighted by Crippen LogP contribution is 2.34. The van der Waals surface area contributed by atoms with Crippen LogP contribution >= 0.6 is 11.6 Å². The van der Waals surface area contributed by atoms with Crippen LogP contribution in [0.3, 0.4) is 0 Å². The maximum atomic E-state index is 13.9. The van der Waals surface area contributed by atoms with Gasteiger partial charge < -0.3 is 14.5 Å². The Kier molecular flexibility index (Phi) is 7.75. The van der Waals surface area contributed by atoms with Crippen LogP contribution in [0.15, 0.2) is 87.1 Å². The van der Waals surface area contributed by atoms with Crippen molar-refractivity contribution in [1.29, 1.82) is 0 Å². The molecule has 0 bridgehead atoms. The largest absolute Gasteiger partial charge is 0.419 e. The zero-order valence-corrected chi connectivity index (χ0v) is 21.7. The molecule has 1 unspecified atom stereocenters. The Bertz CT molecular complexity index is 1510. The van der Waals surface area contributed by atoms with Crippen LogP contribution in [0.2, 0.25) is 5.02 Å². The minimum atomic E-state index is -4.26. The predicted molar refractivity (Wildman–Crippen MR) is 139 cm³/mol. The molecule has 3 aromatic carbocycles. The van der Waals surface area contributed by atoms with Gasteiger partial charge in [-0.1, -0.05) is 29.8 Å². The van der Waals surface area contributed by atoms with E-state index in [4.69, 9.17) is 20.8 Å². The molecule has 4 aromatic rings. The summed E-state index contributed by atoms with van der Waals surface area (Å²) in [4.78, 5) is 6.21. The van der Waals surface area contributed by atoms with Crippen LogP contribution < -0.4 is 5.32 Å². The number of nitrogens with one attached hydrogen (secondary N) is 1. The summed E-state index contributed by atoms with van der Waals surface area (Å²) in [5.41, 5.74) is 1.36. The second kappa shape index (κ2) is 11.2. The fraction of sp³-hybridized carbons (Fsp3) is 0.222. The van der Waals surface area contributed by atoms with Gasteiger partial charge in [0.15, 0.2) is 0 Å². The molecular weight excluding hydrogens is 536 g/mol. The van der Waals surface area contributed by atoms with Gasteiger partial charge in [-0.15, -0.1) is 0 Å². The number of hydrogen-bond acceptors (Lipinski definition) is 7. The molecule has 1 aromatic heterocycles. The van der Waals surface area contributed by atoms with Crippen LogP contribution in [0.5, 0.6) is 0 Å². The lowest BCUT2D eigenvalue weighted by Gasteiger charge is -2.35. The molecule has 0 aliphatic carbocycles. The first-order valence-corrected chi connectivity index (χ1v) is 13.8. The lowest BCUT2D eigenvalue weighted by atomic mass is 10.0. The van der Waals surface area contributed by atoms with E-state index in [1.807, 2.05) is 12.1 Å². The van der Waals surface area contributed by atoms with E-state index in [1.165, 1.54) is 36.4 Å². The molecule has 1 saturated heterocycles. The van der Waals surface area contributed by atoms with Gasteiger partial charge in [0.2, 0.25) is 26.6 Å². The molecule has 1 aliphatic rings. The number of ether oxygens (including phenoxy) is 1. The highest BCUT2D eigenvalue weighted by molar-refractivity contribution is 7.91. The van der Waals surface area contributed by atoms with Crippen molar-refractivity contribution in [3.05, 3.63) is 95.0 Å². The molecule has 5 rings (SSSR count). The first-order chi connectivity index (χ1) is 18.3. The van der Waals surface area contributed by atoms with Crippen molar-refractivity contribution in [1.82, 2.24) is 9.88 Å². The molecule has 1 atom stereocenters. The normalized spacial score (nSPS) is 15.3. The number of oxazole rings is 1. The van der Waals surface area contributed by atoms with Gasteiger partial charge in [0.1, 0.15) is 11.6 Å². The molecule has 0 spiro atoms. The SMILES string of the molecule is O=S(=O)(c1cccc(F)c1)c1nc(-c2ccc(F)cc2)oc1NCC(c1ccc(Cl)cc1)N1CCOCC1. The molecule has 1 fully saturated rings. The first-order valence-electron chi connectivity index (χ1n) is 11.9. The van der Waals surface area contributed by atoms with Crippen molar-refractivity contribution in [2.45, 2.75) is 16.0 Å². The third kappa shape index (κ3) is 5.73. The molecule has 0 saturated carbocycles. The quantitative estimate of drug-likeness (QED) is 0.301. The summed E-state index contributed by atoms with van der Waals surface area (Å²) in [5, 5.41) is 3.34. The molecule has 0 amide bonds. The van der Waals surface area contributed by atoms with E-state index in [0.717, 1.165) is 17.7 Å². The van der Waals surface area contributed by atoms with Crippen molar-refractivity contribution < 1.29 is 26.4 Å². The summed E-state index contributed by atoms with van der Waals surface area (Å²) in [5.74, 6) is -1.27. The van der Waals surface area contributed by atoms with Gasteiger partial charge in [0.05, 0.1) is 24.2 Å². The molecule has 198 valence electrons. The average molecular weight is 560 g/mol. The van der Waals surface area contributed by atoms with Gasteiger partial charge in [-0.25, -0.2) is 17.2 Å². The summed E-state index contributed by atoms with van der Waals surface area (Å²) in [6.45, 7) is 2.77. The lowest BCUT2D eigenvalue weighted by Crippen LogP contribution is -2.41. The first kappa shape index (κ1) is 26.3. The van der Waals surface area contributed by atoms with Crippen LogP contribution in [0.25, 0.3) is 11.5 Å². The minimum Gasteiger partial charge on any atom is -0.419 e. The molecule has 1 aliphatic heterocycles. The van der Waals surface area contributed by atoms with E-state index in [-0.39, 0.29) is 34.3 Å². The van der Waals surface area contributed by atoms with Crippen LogP contribution in [0.4, 0.5) is 14.7 Å². The molecule has 1 N–H and O–H groups in total. The number of sulfone groups is 1. The topological polar surface area (TPSA) is 84.7 Å². The molecule has 2 heterocycles. The van der Waals surface area contributed by atoms with Gasteiger partial charge in [-0.2, -0.15) is 4.98 Å². The summed E-state index contributed by atoms with van der Waals surface area (Å²) >= 11 is 6.10. The van der Waals surface area contributed by atoms with Gasteiger partial charge in [0.25, 0.3) is 0 Å². The van der Waals surface area contributed by atoms with Crippen LogP contribution in [-0.4, -0.2) is 51.1 Å². The molecule has 11 heteroatoms. The third-order valence-electron chi connectivity index (χ3n) is 6.25. The number of morpholine rings is 1. The fourth-order valence-corrected chi connectivity index (χ4v) is 5.72. The highest BCUT2D eigenvalue weighted by Gasteiger charge is 2.30. The summed E-state index contributed by atoms with van der Waals surface area (Å²) in [6.07, 6.45) is 0. The molecule has 0 radical (unpaired) electrons. The van der Waals surface area contributed by atoms with Crippen molar-refractivity contribution in [3.8, 4) is 11.5 Å². The standard InChI is InChI=1S/C27H24ClF2N3O4S/c28-20-8-4-18(5-9-20)24(33-12-14-36-15-13-33)17-31-26-27(38(34,35)23-3-1-2-22(30)16-23)32-25(37-26)19-6-10-21(29)11-7-19/h1-11,16,24,31H,12-15,17H2. The lowest BCUT2D eigenvalue weighted by molar-refractivity contribution is 0.0186.